The van der Waals surface area contributed by atoms with Crippen LogP contribution in [-0.2, 0) is 6.18 Å². The molecule has 0 saturated carbocycles. The van der Waals surface area contributed by atoms with Gasteiger partial charge in [0, 0.05) is 17.8 Å². The van der Waals surface area contributed by atoms with Crippen LogP contribution in [0.25, 0.3) is 0 Å². The van der Waals surface area contributed by atoms with Gasteiger partial charge in [-0.05, 0) is 25.0 Å². The van der Waals surface area contributed by atoms with E-state index in [4.69, 9.17) is 0 Å². The number of nitrogens with zero attached hydrogens (tertiary/aromatic N) is 1. The molecule has 0 amide bonds. The van der Waals surface area contributed by atoms with Gasteiger partial charge in [-0.3, -0.25) is 4.98 Å². The minimum absolute atomic E-state index is 0.271. The maximum Gasteiger partial charge on any atom is 0.417 e. The summed E-state index contributed by atoms with van der Waals surface area (Å²) in [4.78, 5) is 3.91. The molecule has 0 saturated heterocycles. The first-order valence-electron chi connectivity index (χ1n) is 5.52. The SMILES string of the molecule is CCC[C@H](CC)c1ccc(C(F)(F)F)cn1. The van der Waals surface area contributed by atoms with Crippen LogP contribution in [0.5, 0.6) is 0 Å². The van der Waals surface area contributed by atoms with E-state index in [2.05, 4.69) is 11.9 Å². The Hall–Kier alpha value is -1.06. The van der Waals surface area contributed by atoms with Gasteiger partial charge in [0.25, 0.3) is 0 Å². The molecule has 0 bridgehead atoms. The lowest BCUT2D eigenvalue weighted by Crippen LogP contribution is -2.07. The zero-order valence-electron chi connectivity index (χ0n) is 9.51. The highest BCUT2D eigenvalue weighted by Gasteiger charge is 2.30. The summed E-state index contributed by atoms with van der Waals surface area (Å²) in [5, 5.41) is 0. The standard InChI is InChI=1S/C12H16F3N/c1-3-5-9(4-2)11-7-6-10(8-16-11)12(13,14)15/h6-9H,3-5H2,1-2H3/t9-/m0/s1. The first-order valence-corrected chi connectivity index (χ1v) is 5.52. The van der Waals surface area contributed by atoms with Crippen molar-refractivity contribution < 1.29 is 13.2 Å². The normalized spacial score (nSPS) is 13.8. The third-order valence-electron chi connectivity index (χ3n) is 2.66. The van der Waals surface area contributed by atoms with Crippen LogP contribution in [0, 0.1) is 0 Å². The predicted molar refractivity (Wildman–Crippen MR) is 57.2 cm³/mol. The molecule has 1 heterocycles. The highest BCUT2D eigenvalue weighted by atomic mass is 19.4. The fraction of sp³-hybridized carbons (Fsp3) is 0.583. The van der Waals surface area contributed by atoms with Gasteiger partial charge < -0.3 is 0 Å². The summed E-state index contributed by atoms with van der Waals surface area (Å²) in [6, 6.07) is 2.60. The Morgan fingerprint density at radius 3 is 2.31 bits per heavy atom. The Kier molecular flexibility index (Phi) is 4.33. The lowest BCUT2D eigenvalue weighted by molar-refractivity contribution is -0.137. The van der Waals surface area contributed by atoms with Crippen molar-refractivity contribution in [1.82, 2.24) is 4.98 Å². The molecular formula is C12H16F3N. The fourth-order valence-electron chi connectivity index (χ4n) is 1.72. The zero-order valence-corrected chi connectivity index (χ0v) is 9.51. The molecule has 1 aromatic heterocycles. The van der Waals surface area contributed by atoms with E-state index in [-0.39, 0.29) is 5.92 Å². The maximum absolute atomic E-state index is 12.3. The third-order valence-corrected chi connectivity index (χ3v) is 2.66. The second kappa shape index (κ2) is 5.32. The van der Waals surface area contributed by atoms with Crippen LogP contribution in [0.2, 0.25) is 0 Å². The molecule has 0 fully saturated rings. The second-order valence-corrected chi connectivity index (χ2v) is 3.86. The molecule has 90 valence electrons. The van der Waals surface area contributed by atoms with Crippen LogP contribution in [0.1, 0.15) is 50.3 Å². The summed E-state index contributed by atoms with van der Waals surface area (Å²) in [7, 11) is 0. The first-order chi connectivity index (χ1) is 7.49. The van der Waals surface area contributed by atoms with Gasteiger partial charge in [-0.1, -0.05) is 20.3 Å². The Bertz CT molecular complexity index is 316. The molecule has 1 aromatic rings. The maximum atomic E-state index is 12.3. The van der Waals surface area contributed by atoms with Crippen LogP contribution >= 0.6 is 0 Å². The van der Waals surface area contributed by atoms with Crippen LogP contribution in [0.3, 0.4) is 0 Å². The molecule has 0 N–H and O–H groups in total. The molecule has 0 aliphatic heterocycles. The van der Waals surface area contributed by atoms with E-state index in [1.165, 1.54) is 6.07 Å². The summed E-state index contributed by atoms with van der Waals surface area (Å²) in [5.74, 6) is 0.271. The Morgan fingerprint density at radius 2 is 1.94 bits per heavy atom. The van der Waals surface area contributed by atoms with E-state index in [9.17, 15) is 13.2 Å². The number of halogens is 3. The van der Waals surface area contributed by atoms with Crippen LogP contribution in [0.15, 0.2) is 18.3 Å². The van der Waals surface area contributed by atoms with E-state index in [1.54, 1.807) is 0 Å². The molecule has 0 spiro atoms. The smallest absolute Gasteiger partial charge is 0.260 e. The minimum atomic E-state index is -4.29. The molecule has 1 atom stereocenters. The van der Waals surface area contributed by atoms with Crippen LogP contribution in [-0.4, -0.2) is 4.98 Å². The van der Waals surface area contributed by atoms with Crippen molar-refractivity contribution in [2.75, 3.05) is 0 Å². The number of aromatic nitrogens is 1. The number of pyridine rings is 1. The quantitative estimate of drug-likeness (QED) is 0.748. The van der Waals surface area contributed by atoms with Crippen LogP contribution < -0.4 is 0 Å². The van der Waals surface area contributed by atoms with E-state index >= 15 is 0 Å². The molecule has 4 heteroatoms. The molecule has 0 aliphatic carbocycles. The monoisotopic (exact) mass is 231 g/mol. The highest BCUT2D eigenvalue weighted by Crippen LogP contribution is 2.30. The van der Waals surface area contributed by atoms with Crippen molar-refractivity contribution in [3.63, 3.8) is 0 Å². The van der Waals surface area contributed by atoms with Crippen molar-refractivity contribution in [3.05, 3.63) is 29.6 Å². The summed E-state index contributed by atoms with van der Waals surface area (Å²) in [5.41, 5.74) is 0.0833. The van der Waals surface area contributed by atoms with Gasteiger partial charge in [0.15, 0.2) is 0 Å². The number of rotatable bonds is 4. The van der Waals surface area contributed by atoms with Gasteiger partial charge in [-0.2, -0.15) is 13.2 Å². The van der Waals surface area contributed by atoms with Crippen LogP contribution in [0.4, 0.5) is 13.2 Å². The highest BCUT2D eigenvalue weighted by molar-refractivity contribution is 5.19. The Labute approximate surface area is 93.7 Å². The van der Waals surface area contributed by atoms with Gasteiger partial charge >= 0.3 is 6.18 Å². The topological polar surface area (TPSA) is 12.9 Å². The lowest BCUT2D eigenvalue weighted by Gasteiger charge is -2.14. The van der Waals surface area contributed by atoms with Gasteiger partial charge in [-0.25, -0.2) is 0 Å². The molecule has 1 rings (SSSR count). The van der Waals surface area contributed by atoms with Crippen molar-refractivity contribution in [2.24, 2.45) is 0 Å². The molecule has 0 unspecified atom stereocenters. The molecular weight excluding hydrogens is 215 g/mol. The van der Waals surface area contributed by atoms with E-state index in [0.717, 1.165) is 37.2 Å². The minimum Gasteiger partial charge on any atom is -0.260 e. The molecule has 1 nitrogen and oxygen atoms in total. The predicted octanol–water partition coefficient (Wildman–Crippen LogP) is 4.39. The van der Waals surface area contributed by atoms with E-state index in [1.807, 2.05) is 6.92 Å². The number of hydrogen-bond acceptors (Lipinski definition) is 1. The fourth-order valence-corrected chi connectivity index (χ4v) is 1.72. The molecule has 0 aromatic carbocycles. The summed E-state index contributed by atoms with van der Waals surface area (Å²) in [6.45, 7) is 4.09. The summed E-state index contributed by atoms with van der Waals surface area (Å²) in [6.07, 6.45) is -0.478. The van der Waals surface area contributed by atoms with Crippen molar-refractivity contribution >= 4 is 0 Å². The van der Waals surface area contributed by atoms with Gasteiger partial charge in [-0.15, -0.1) is 0 Å². The molecule has 0 radical (unpaired) electrons. The largest absolute Gasteiger partial charge is 0.417 e. The zero-order chi connectivity index (χ0) is 12.2. The van der Waals surface area contributed by atoms with Gasteiger partial charge in [0.2, 0.25) is 0 Å². The summed E-state index contributed by atoms with van der Waals surface area (Å²) >= 11 is 0. The summed E-state index contributed by atoms with van der Waals surface area (Å²) < 4.78 is 36.9. The van der Waals surface area contributed by atoms with Crippen molar-refractivity contribution in [2.45, 2.75) is 45.2 Å². The Morgan fingerprint density at radius 1 is 1.25 bits per heavy atom. The molecule has 0 aliphatic rings. The van der Waals surface area contributed by atoms with Gasteiger partial charge in [0.1, 0.15) is 0 Å². The average Bonchev–Trinajstić information content (AvgIpc) is 2.25. The second-order valence-electron chi connectivity index (χ2n) is 3.86. The lowest BCUT2D eigenvalue weighted by atomic mass is 9.96. The first kappa shape index (κ1) is 13.0. The van der Waals surface area contributed by atoms with Gasteiger partial charge in [0.05, 0.1) is 5.56 Å². The number of alkyl halides is 3. The average molecular weight is 231 g/mol. The van der Waals surface area contributed by atoms with E-state index < -0.39 is 11.7 Å². The third kappa shape index (κ3) is 3.22. The van der Waals surface area contributed by atoms with E-state index in [0.29, 0.717) is 0 Å². The molecule has 16 heavy (non-hydrogen) atoms. The van der Waals surface area contributed by atoms with Crippen molar-refractivity contribution in [3.8, 4) is 0 Å². The van der Waals surface area contributed by atoms with Crippen molar-refractivity contribution in [1.29, 1.82) is 0 Å². The number of hydrogen-bond donors (Lipinski definition) is 0. The Balaban J connectivity index is 2.85.